The molecule has 0 radical (unpaired) electrons. The first-order valence-electron chi connectivity index (χ1n) is 7.01. The van der Waals surface area contributed by atoms with Crippen molar-refractivity contribution in [3.05, 3.63) is 65.5 Å². The first-order valence-corrected chi connectivity index (χ1v) is 7.01. The summed E-state index contributed by atoms with van der Waals surface area (Å²) in [4.78, 5) is 12.7. The molecule has 3 rings (SSSR count). The molecule has 0 unspecified atom stereocenters. The molecule has 3 aromatic rings. The molecule has 2 aromatic heterocycles. The third-order valence-electron chi connectivity index (χ3n) is 3.51. The van der Waals surface area contributed by atoms with E-state index in [2.05, 4.69) is 46.1 Å². The van der Waals surface area contributed by atoms with E-state index in [1.54, 1.807) is 12.4 Å². The predicted octanol–water partition coefficient (Wildman–Crippen LogP) is 2.60. The van der Waals surface area contributed by atoms with Gasteiger partial charge in [0.1, 0.15) is 11.6 Å². The molecule has 0 aliphatic carbocycles. The van der Waals surface area contributed by atoms with Crippen molar-refractivity contribution in [2.24, 2.45) is 0 Å². The molecule has 4 N–H and O–H groups in total. The van der Waals surface area contributed by atoms with Crippen molar-refractivity contribution in [2.75, 3.05) is 11.5 Å². The SMILES string of the molecule is Cc1ccc(Cc2c(N)nc(-c3ccncc3)nc2N)cc1. The summed E-state index contributed by atoms with van der Waals surface area (Å²) in [5, 5.41) is 0. The van der Waals surface area contributed by atoms with Crippen molar-refractivity contribution in [3.8, 4) is 11.4 Å². The van der Waals surface area contributed by atoms with Crippen LogP contribution in [-0.4, -0.2) is 15.0 Å². The minimum Gasteiger partial charge on any atom is -0.383 e. The van der Waals surface area contributed by atoms with Crippen LogP contribution < -0.4 is 11.5 Å². The lowest BCUT2D eigenvalue weighted by Crippen LogP contribution is -2.08. The van der Waals surface area contributed by atoms with Crippen molar-refractivity contribution >= 4 is 11.6 Å². The number of hydrogen-bond acceptors (Lipinski definition) is 5. The van der Waals surface area contributed by atoms with Gasteiger partial charge in [-0.05, 0) is 24.6 Å². The van der Waals surface area contributed by atoms with Crippen molar-refractivity contribution < 1.29 is 0 Å². The summed E-state index contributed by atoms with van der Waals surface area (Å²) in [5.74, 6) is 1.35. The maximum Gasteiger partial charge on any atom is 0.163 e. The number of pyridine rings is 1. The Balaban J connectivity index is 1.95. The van der Waals surface area contributed by atoms with Crippen molar-refractivity contribution in [2.45, 2.75) is 13.3 Å². The fraction of sp³-hybridized carbons (Fsp3) is 0.118. The zero-order valence-corrected chi connectivity index (χ0v) is 12.3. The van der Waals surface area contributed by atoms with Gasteiger partial charge in [-0.15, -0.1) is 0 Å². The highest BCUT2D eigenvalue weighted by Crippen LogP contribution is 2.24. The highest BCUT2D eigenvalue weighted by atomic mass is 15.0. The molecule has 0 amide bonds. The largest absolute Gasteiger partial charge is 0.383 e. The van der Waals surface area contributed by atoms with Gasteiger partial charge in [-0.1, -0.05) is 29.8 Å². The fourth-order valence-corrected chi connectivity index (χ4v) is 2.24. The molecule has 0 fully saturated rings. The van der Waals surface area contributed by atoms with Crippen LogP contribution in [-0.2, 0) is 6.42 Å². The van der Waals surface area contributed by atoms with Gasteiger partial charge in [0.05, 0.1) is 0 Å². The second kappa shape index (κ2) is 5.81. The molecule has 0 saturated carbocycles. The number of hydrogen-bond donors (Lipinski definition) is 2. The number of rotatable bonds is 3. The maximum absolute atomic E-state index is 6.09. The fourth-order valence-electron chi connectivity index (χ4n) is 2.24. The number of benzene rings is 1. The molecule has 0 atom stereocenters. The molecule has 0 bridgehead atoms. The summed E-state index contributed by atoms with van der Waals surface area (Å²) in [7, 11) is 0. The first-order chi connectivity index (χ1) is 10.6. The Morgan fingerprint density at radius 3 is 2.05 bits per heavy atom. The van der Waals surface area contributed by atoms with Crippen molar-refractivity contribution in [1.29, 1.82) is 0 Å². The number of nitrogens with two attached hydrogens (primary N) is 2. The summed E-state index contributed by atoms with van der Waals surface area (Å²) in [6.07, 6.45) is 3.99. The second-order valence-corrected chi connectivity index (χ2v) is 5.19. The molecular weight excluding hydrogens is 274 g/mol. The minimum atomic E-state index is 0.417. The molecule has 0 aliphatic heterocycles. The van der Waals surface area contributed by atoms with Crippen LogP contribution in [0.15, 0.2) is 48.8 Å². The van der Waals surface area contributed by atoms with Crippen molar-refractivity contribution in [1.82, 2.24) is 15.0 Å². The maximum atomic E-state index is 6.09. The van der Waals surface area contributed by atoms with Gasteiger partial charge in [0.25, 0.3) is 0 Å². The minimum absolute atomic E-state index is 0.417. The first kappa shape index (κ1) is 14.0. The number of nitrogens with zero attached hydrogens (tertiary/aromatic N) is 3. The molecule has 0 aliphatic rings. The van der Waals surface area contributed by atoms with Crippen LogP contribution in [0, 0.1) is 6.92 Å². The normalized spacial score (nSPS) is 10.6. The number of aryl methyl sites for hydroxylation is 1. The van der Waals surface area contributed by atoms with Crippen molar-refractivity contribution in [3.63, 3.8) is 0 Å². The Hall–Kier alpha value is -2.95. The molecule has 5 heteroatoms. The Bertz CT molecular complexity index is 759. The van der Waals surface area contributed by atoms with Gasteiger partial charge in [-0.2, -0.15) is 0 Å². The summed E-state index contributed by atoms with van der Waals surface area (Å²) in [6.45, 7) is 2.05. The van der Waals surface area contributed by atoms with E-state index in [1.807, 2.05) is 12.1 Å². The lowest BCUT2D eigenvalue weighted by molar-refractivity contribution is 1.09. The van der Waals surface area contributed by atoms with Crippen LogP contribution in [0.5, 0.6) is 0 Å². The molecule has 22 heavy (non-hydrogen) atoms. The van der Waals surface area contributed by atoms with E-state index in [9.17, 15) is 0 Å². The lowest BCUT2D eigenvalue weighted by atomic mass is 10.0. The summed E-state index contributed by atoms with van der Waals surface area (Å²) >= 11 is 0. The van der Waals surface area contributed by atoms with Crippen LogP contribution >= 0.6 is 0 Å². The summed E-state index contributed by atoms with van der Waals surface area (Å²) < 4.78 is 0. The van der Waals surface area contributed by atoms with E-state index in [1.165, 1.54) is 5.56 Å². The van der Waals surface area contributed by atoms with Crippen LogP contribution in [0.2, 0.25) is 0 Å². The van der Waals surface area contributed by atoms with Gasteiger partial charge < -0.3 is 11.5 Å². The van der Waals surface area contributed by atoms with Gasteiger partial charge in [-0.3, -0.25) is 4.98 Å². The highest BCUT2D eigenvalue weighted by Gasteiger charge is 2.12. The lowest BCUT2D eigenvalue weighted by Gasteiger charge is -2.10. The molecule has 2 heterocycles. The number of nitrogen functional groups attached to an aromatic ring is 2. The van der Waals surface area contributed by atoms with E-state index in [0.717, 1.165) is 16.7 Å². The topological polar surface area (TPSA) is 90.7 Å². The molecule has 1 aromatic carbocycles. The van der Waals surface area contributed by atoms with Gasteiger partial charge in [0, 0.05) is 29.9 Å². The van der Waals surface area contributed by atoms with E-state index < -0.39 is 0 Å². The molecular formula is C17H17N5. The Kier molecular flexibility index (Phi) is 3.70. The second-order valence-electron chi connectivity index (χ2n) is 5.19. The Labute approximate surface area is 129 Å². The van der Waals surface area contributed by atoms with E-state index in [4.69, 9.17) is 11.5 Å². The monoisotopic (exact) mass is 291 g/mol. The third kappa shape index (κ3) is 2.88. The van der Waals surface area contributed by atoms with Crippen LogP contribution in [0.3, 0.4) is 0 Å². The smallest absolute Gasteiger partial charge is 0.163 e. The number of anilines is 2. The molecule has 5 nitrogen and oxygen atoms in total. The predicted molar refractivity (Wildman–Crippen MR) is 88.1 cm³/mol. The highest BCUT2D eigenvalue weighted by molar-refractivity contribution is 5.63. The van der Waals surface area contributed by atoms with Gasteiger partial charge >= 0.3 is 0 Å². The van der Waals surface area contributed by atoms with Gasteiger partial charge in [0.2, 0.25) is 0 Å². The van der Waals surface area contributed by atoms with Gasteiger partial charge in [-0.25, -0.2) is 9.97 Å². The average Bonchev–Trinajstić information content (AvgIpc) is 2.53. The standard InChI is InChI=1S/C17H17N5/c1-11-2-4-12(5-3-11)10-14-15(18)21-17(22-16(14)19)13-6-8-20-9-7-13/h2-9H,10H2,1H3,(H4,18,19,21,22). The zero-order valence-electron chi connectivity index (χ0n) is 12.3. The van der Waals surface area contributed by atoms with Crippen LogP contribution in [0.25, 0.3) is 11.4 Å². The molecule has 110 valence electrons. The van der Waals surface area contributed by atoms with E-state index in [-0.39, 0.29) is 0 Å². The van der Waals surface area contributed by atoms with E-state index in [0.29, 0.717) is 23.9 Å². The van der Waals surface area contributed by atoms with Crippen LogP contribution in [0.1, 0.15) is 16.7 Å². The molecule has 0 saturated heterocycles. The van der Waals surface area contributed by atoms with E-state index >= 15 is 0 Å². The van der Waals surface area contributed by atoms with Crippen LogP contribution in [0.4, 0.5) is 11.6 Å². The quantitative estimate of drug-likeness (QED) is 0.774. The molecule has 0 spiro atoms. The third-order valence-corrected chi connectivity index (χ3v) is 3.51. The Morgan fingerprint density at radius 2 is 1.45 bits per heavy atom. The summed E-state index contributed by atoms with van der Waals surface area (Å²) in [6, 6.07) is 11.9. The van der Waals surface area contributed by atoms with Gasteiger partial charge in [0.15, 0.2) is 5.82 Å². The summed E-state index contributed by atoms with van der Waals surface area (Å²) in [5.41, 5.74) is 16.1. The average molecular weight is 291 g/mol. The Morgan fingerprint density at radius 1 is 0.864 bits per heavy atom. The number of aromatic nitrogens is 3. The zero-order chi connectivity index (χ0) is 15.5.